The Morgan fingerprint density at radius 3 is 1.36 bits per heavy atom. The number of alkyl halides is 2. The maximum absolute atomic E-state index is 11.5. The number of piperazine rings is 4. The number of aliphatic hydroxyl groups is 1. The third-order valence-electron chi connectivity index (χ3n) is 19.7. The molecule has 5 aliphatic heterocycles. The van der Waals surface area contributed by atoms with Gasteiger partial charge in [-0.25, -0.2) is 29.7 Å². The number of fused-ring (bicyclic) bond motifs is 5. The summed E-state index contributed by atoms with van der Waals surface area (Å²) >= 11 is 11.9. The summed E-state index contributed by atoms with van der Waals surface area (Å²) in [4.78, 5) is 53.9. The summed E-state index contributed by atoms with van der Waals surface area (Å²) < 4.78 is 31.6. The summed E-state index contributed by atoms with van der Waals surface area (Å²) in [7, 11) is 5.95. The number of hydrogen-bond acceptors (Lipinski definition) is 22. The molecule has 25 nitrogen and oxygen atoms in total. The van der Waals surface area contributed by atoms with Crippen LogP contribution in [0.4, 0.5) is 29.1 Å². The van der Waals surface area contributed by atoms with Gasteiger partial charge in [0.25, 0.3) is 0 Å². The SMILES string of the molecule is CN(CCCl)CC(Cl)c1ccccc1.CN1CCN(c2ncccc2C#N)C(c2ccccc2)C1.CN1CCN(c2ncccc2C(=O)O)C(c2ccccc2)C1.CN1CCN(c2ncccc2CO)C(c2ccccc2)C1.CN1CCN2c3ncccc3Cc3ccccc3C2C1.N#Cc1cccnc1N.O=S(=O)(O)O.[AlH3].[H-].[K+].[Li+].[OH-]. The van der Waals surface area contributed by atoms with Gasteiger partial charge >= 0.3 is 86.6 Å². The first-order chi connectivity index (χ1) is 54.2. The quantitative estimate of drug-likeness (QED) is 0.0573. The minimum atomic E-state index is -4.67. The summed E-state index contributed by atoms with van der Waals surface area (Å²) in [5, 5.41) is 36.7. The third kappa shape index (κ3) is 29.6. The van der Waals surface area contributed by atoms with Crippen molar-refractivity contribution < 1.29 is 110 Å². The van der Waals surface area contributed by atoms with Gasteiger partial charge in [-0.05, 0) is 123 Å². The average molecular weight is 1670 g/mol. The van der Waals surface area contributed by atoms with Crippen LogP contribution in [0.2, 0.25) is 0 Å². The Morgan fingerprint density at radius 1 is 0.534 bits per heavy atom. The van der Waals surface area contributed by atoms with Crippen LogP contribution in [0.1, 0.15) is 97.0 Å². The molecule has 31 heteroatoms. The van der Waals surface area contributed by atoms with Gasteiger partial charge in [-0.2, -0.15) is 18.9 Å². The number of likely N-dealkylation sites (N-methyl/N-ethyl adjacent to an activating group) is 5. The maximum Gasteiger partial charge on any atom is 1.00 e. The second kappa shape index (κ2) is 50.9. The molecular formula is C85H104AlCl2KLiN17O8S. The number of carbonyl (C=O) groups is 1. The Balaban J connectivity index is 0.000000294. The molecule has 5 aromatic carbocycles. The van der Waals surface area contributed by atoms with Gasteiger partial charge in [0.2, 0.25) is 0 Å². The van der Waals surface area contributed by atoms with Gasteiger partial charge in [0.05, 0.1) is 47.3 Å². The van der Waals surface area contributed by atoms with Crippen LogP contribution in [-0.2, 0) is 23.4 Å². The van der Waals surface area contributed by atoms with Gasteiger partial charge in [0.1, 0.15) is 46.8 Å². The first kappa shape index (κ1) is 98.8. The number of halogens is 2. The molecule has 602 valence electrons. The van der Waals surface area contributed by atoms with Crippen LogP contribution in [0.25, 0.3) is 0 Å². The van der Waals surface area contributed by atoms with Crippen molar-refractivity contribution >= 4 is 86.0 Å². The van der Waals surface area contributed by atoms with E-state index < -0.39 is 16.4 Å². The molecule has 0 aliphatic carbocycles. The van der Waals surface area contributed by atoms with Crippen LogP contribution in [0.15, 0.2) is 237 Å². The van der Waals surface area contributed by atoms with Crippen LogP contribution < -0.4 is 95.6 Å². The van der Waals surface area contributed by atoms with Crippen molar-refractivity contribution in [2.45, 2.75) is 42.6 Å². The number of hydrogen-bond donors (Lipinski definition) is 5. The van der Waals surface area contributed by atoms with Crippen molar-refractivity contribution in [1.82, 2.24) is 49.4 Å². The number of benzene rings is 5. The Bertz CT molecular complexity index is 4780. The molecule has 4 saturated heterocycles. The number of nitrogens with two attached hydrogens (primary N) is 1. The topological polar surface area (TPSA) is 329 Å². The fraction of sp³-hybridized carbons (Fsp3) is 0.318. The van der Waals surface area contributed by atoms with E-state index in [0.29, 0.717) is 34.7 Å². The molecule has 0 saturated carbocycles. The van der Waals surface area contributed by atoms with Gasteiger partial charge < -0.3 is 66.9 Å². The molecule has 5 unspecified atom stereocenters. The van der Waals surface area contributed by atoms with E-state index in [1.165, 1.54) is 39.2 Å². The molecule has 0 spiro atoms. The van der Waals surface area contributed by atoms with E-state index in [4.69, 9.17) is 51.7 Å². The van der Waals surface area contributed by atoms with Gasteiger partial charge in [0.15, 0.2) is 17.4 Å². The minimum Gasteiger partial charge on any atom is -1.00 e. The molecule has 5 atom stereocenters. The van der Waals surface area contributed by atoms with E-state index in [0.717, 1.165) is 121 Å². The van der Waals surface area contributed by atoms with Crippen LogP contribution in [0, 0.1) is 22.7 Å². The Morgan fingerprint density at radius 2 is 0.905 bits per heavy atom. The number of anilines is 5. The number of nitrogens with zero attached hydrogens (tertiary/aromatic N) is 16. The van der Waals surface area contributed by atoms with Gasteiger partial charge in [-0.1, -0.05) is 158 Å². The zero-order valence-corrected chi connectivity index (χ0v) is 71.7. The molecule has 5 aliphatic rings. The molecule has 4 fully saturated rings. The normalized spacial score (nSPS) is 17.1. The molecule has 0 bridgehead atoms. The third-order valence-corrected chi connectivity index (χ3v) is 20.2. The van der Waals surface area contributed by atoms with Crippen molar-refractivity contribution in [1.29, 1.82) is 10.5 Å². The monoisotopic (exact) mass is 1670 g/mol. The molecule has 0 amide bonds. The average Bonchev–Trinajstić information content (AvgIpc) is 1.70. The predicted octanol–water partition coefficient (Wildman–Crippen LogP) is 5.04. The maximum atomic E-state index is 11.5. The van der Waals surface area contributed by atoms with E-state index in [9.17, 15) is 20.3 Å². The van der Waals surface area contributed by atoms with Crippen molar-refractivity contribution in [3.05, 3.63) is 298 Å². The fourth-order valence-corrected chi connectivity index (χ4v) is 14.7. The first-order valence-electron chi connectivity index (χ1n) is 37.0. The van der Waals surface area contributed by atoms with E-state index in [2.05, 4.69) is 200 Å². The molecule has 0 radical (unpaired) electrons. The van der Waals surface area contributed by atoms with E-state index in [1.807, 2.05) is 104 Å². The smallest absolute Gasteiger partial charge is 1.00 e. The number of nitriles is 2. The number of aromatic carboxylic acids is 1. The van der Waals surface area contributed by atoms with Crippen LogP contribution in [0.5, 0.6) is 0 Å². The number of carboxylic acids is 1. The van der Waals surface area contributed by atoms with E-state index in [-0.39, 0.29) is 130 Å². The second-order valence-corrected chi connectivity index (χ2v) is 29.4. The van der Waals surface area contributed by atoms with Crippen LogP contribution in [0.3, 0.4) is 0 Å². The Labute approximate surface area is 759 Å². The Hall–Kier alpha value is -7.76. The fourth-order valence-electron chi connectivity index (χ4n) is 14.0. The molecule has 10 heterocycles. The standard InChI is InChI=1S/C17H18N4.C17H19N3O2.C17H21N3O.C17H19N3.C11H15Cl2N.C6H5N3.Al.K.Li.H2O4S.H2O.4H/c1-20-10-11-21(17-15(12-18)8-5-9-19-17)16(13-20)14-6-3-2-4-7-14;1-19-10-11-20(15(12-19)13-6-3-2-4-7-13)16-14(17(21)22)8-5-9-18-16;1-19-10-11-20(17-15(13-21)8-5-9-18-17)16(12-19)14-6-3-2-4-7-14;1-19-9-10-20-16(12-19)15-7-3-2-5-13(15)11-14-6-4-8-18-17(14)20;1-14(8-7-12)9-11(13)10-5-3-2-4-6-10;7-4-5-2-1-3-9-6(5)8;;;;1-5(2,3)4;;;;;/h2-9,16H,10-11,13H2,1H3;2-9,15H,10-12H2,1H3,(H,21,22);2-9,16,21H,10-13H2,1H3;2-8,16H,9-12H2,1H3;2-6,11H,7-9H2,1H3;1-3H,(H2,8,9);;;;(H2,1,2,3,4);1H2;;;;/q;;;;;;;2*+1;;;;;;-1/p-1. The number of pyridine rings is 5. The molecular weight excluding hydrogens is 1560 g/mol. The minimum absolute atomic E-state index is 0. The van der Waals surface area contributed by atoms with Crippen molar-refractivity contribution in [3.8, 4) is 12.1 Å². The van der Waals surface area contributed by atoms with Crippen molar-refractivity contribution in [2.24, 2.45) is 0 Å². The molecule has 10 aromatic rings. The summed E-state index contributed by atoms with van der Waals surface area (Å²) in [5.74, 6) is 3.44. The van der Waals surface area contributed by atoms with Crippen molar-refractivity contribution in [2.75, 3.05) is 158 Å². The van der Waals surface area contributed by atoms with E-state index in [1.54, 1.807) is 49.1 Å². The zero-order chi connectivity index (χ0) is 79.9. The van der Waals surface area contributed by atoms with Crippen LogP contribution >= 0.6 is 23.2 Å². The van der Waals surface area contributed by atoms with Gasteiger partial charge in [0, 0.05) is 140 Å². The van der Waals surface area contributed by atoms with Crippen LogP contribution in [-0.4, -0.2) is 239 Å². The van der Waals surface area contributed by atoms with Gasteiger partial charge in [-0.15, -0.1) is 23.2 Å². The largest absolute Gasteiger partial charge is 1.00 e. The summed E-state index contributed by atoms with van der Waals surface area (Å²) in [5.41, 5.74) is 16.7. The van der Waals surface area contributed by atoms with Crippen molar-refractivity contribution in [3.63, 3.8) is 0 Å². The van der Waals surface area contributed by atoms with E-state index >= 15 is 0 Å². The molecule has 7 N–H and O–H groups in total. The summed E-state index contributed by atoms with van der Waals surface area (Å²) in [6, 6.07) is 73.7. The molecule has 116 heavy (non-hydrogen) atoms. The number of aromatic nitrogens is 5. The predicted molar refractivity (Wildman–Crippen MR) is 457 cm³/mol. The summed E-state index contributed by atoms with van der Waals surface area (Å²) in [6.07, 6.45) is 9.68. The van der Waals surface area contributed by atoms with Gasteiger partial charge in [-0.3, -0.25) is 9.11 Å². The number of carboxylic acid groups (broad SMARTS) is 1. The molecule has 15 rings (SSSR count). The second-order valence-electron chi connectivity index (χ2n) is 27.6. The number of rotatable bonds is 13. The zero-order valence-electron chi connectivity index (χ0n) is 67.3. The molecule has 5 aromatic heterocycles. The summed E-state index contributed by atoms with van der Waals surface area (Å²) in [6.45, 7) is 13.1. The Kier molecular flexibility index (Phi) is 43.3. The number of aliphatic hydroxyl groups excluding tert-OH is 1. The number of nitrogen functional groups attached to an aromatic ring is 1. The first-order valence-corrected chi connectivity index (χ1v) is 39.3.